The van der Waals surface area contributed by atoms with E-state index < -0.39 is 10.0 Å². The lowest BCUT2D eigenvalue weighted by molar-refractivity contribution is 0.0393. The van der Waals surface area contributed by atoms with Crippen LogP contribution in [0.3, 0.4) is 0 Å². The second-order valence-electron chi connectivity index (χ2n) is 5.03. The molecule has 0 amide bonds. The van der Waals surface area contributed by atoms with E-state index in [9.17, 15) is 8.42 Å². The number of hydrogen-bond acceptors (Lipinski definition) is 4. The summed E-state index contributed by atoms with van der Waals surface area (Å²) in [4.78, 5) is 4.43. The van der Waals surface area contributed by atoms with E-state index in [1.54, 1.807) is 30.3 Å². The van der Waals surface area contributed by atoms with Crippen molar-refractivity contribution in [3.05, 3.63) is 35.5 Å². The van der Waals surface area contributed by atoms with E-state index in [0.717, 1.165) is 5.39 Å². The van der Waals surface area contributed by atoms with Crippen LogP contribution < -0.4 is 0 Å². The summed E-state index contributed by atoms with van der Waals surface area (Å²) in [5.74, 6) is 0. The molecule has 5 nitrogen and oxygen atoms in total. The summed E-state index contributed by atoms with van der Waals surface area (Å²) in [5, 5.41) is 1.14. The Balaban J connectivity index is 2.04. The fourth-order valence-electron chi connectivity index (χ4n) is 2.44. The second-order valence-corrected chi connectivity index (χ2v) is 7.31. The minimum absolute atomic E-state index is 0.164. The van der Waals surface area contributed by atoms with Crippen molar-refractivity contribution in [3.63, 3.8) is 0 Å². The summed E-state index contributed by atoms with van der Waals surface area (Å²) in [5.41, 5.74) is 0.677. The molecule has 112 valence electrons. The van der Waals surface area contributed by atoms with Crippen molar-refractivity contribution in [3.8, 4) is 0 Å². The summed E-state index contributed by atoms with van der Waals surface area (Å²) >= 11 is 5.84. The van der Waals surface area contributed by atoms with Crippen molar-refractivity contribution in [2.24, 2.45) is 0 Å². The van der Waals surface area contributed by atoms with Crippen molar-refractivity contribution in [2.45, 2.75) is 17.9 Å². The lowest BCUT2D eigenvalue weighted by Crippen LogP contribution is -2.46. The number of benzene rings is 1. The molecule has 0 spiro atoms. The third kappa shape index (κ3) is 2.76. The van der Waals surface area contributed by atoms with Crippen LogP contribution in [0.25, 0.3) is 10.9 Å². The number of pyridine rings is 1. The highest BCUT2D eigenvalue weighted by Crippen LogP contribution is 2.24. The normalized spacial score (nSPS) is 20.8. The monoisotopic (exact) mass is 326 g/mol. The molecule has 2 heterocycles. The third-order valence-electron chi connectivity index (χ3n) is 3.54. The first-order valence-electron chi connectivity index (χ1n) is 6.64. The molecule has 1 aliphatic rings. The van der Waals surface area contributed by atoms with Crippen LogP contribution in [0.5, 0.6) is 0 Å². The Bertz CT molecular complexity index is 779. The van der Waals surface area contributed by atoms with Gasteiger partial charge in [0.1, 0.15) is 5.15 Å². The number of rotatable bonds is 2. The Labute approximate surface area is 128 Å². The smallest absolute Gasteiger partial charge is 0.243 e. The number of nitrogens with zero attached hydrogens (tertiary/aromatic N) is 2. The van der Waals surface area contributed by atoms with E-state index in [2.05, 4.69) is 4.98 Å². The largest absolute Gasteiger partial charge is 0.378 e. The quantitative estimate of drug-likeness (QED) is 0.795. The lowest BCUT2D eigenvalue weighted by Gasteiger charge is -2.32. The SMILES string of the molecule is C[C@@H]1COCCN1S(=O)(=O)c1ccc2nc(Cl)ccc2c1. The highest BCUT2D eigenvalue weighted by molar-refractivity contribution is 7.89. The maximum absolute atomic E-state index is 12.7. The Morgan fingerprint density at radius 1 is 1.33 bits per heavy atom. The van der Waals surface area contributed by atoms with E-state index in [-0.39, 0.29) is 10.9 Å². The number of sulfonamides is 1. The molecule has 1 fully saturated rings. The van der Waals surface area contributed by atoms with Gasteiger partial charge < -0.3 is 4.74 Å². The van der Waals surface area contributed by atoms with Gasteiger partial charge in [-0.1, -0.05) is 11.6 Å². The van der Waals surface area contributed by atoms with Crippen molar-refractivity contribution in [1.82, 2.24) is 9.29 Å². The second kappa shape index (κ2) is 5.53. The maximum Gasteiger partial charge on any atom is 0.243 e. The van der Waals surface area contributed by atoms with Gasteiger partial charge in [0, 0.05) is 18.0 Å². The molecule has 1 aliphatic heterocycles. The number of hydrogen-bond donors (Lipinski definition) is 0. The Kier molecular flexibility index (Phi) is 3.88. The molecule has 1 aromatic heterocycles. The first-order valence-corrected chi connectivity index (χ1v) is 8.46. The van der Waals surface area contributed by atoms with Gasteiger partial charge in [-0.15, -0.1) is 0 Å². The summed E-state index contributed by atoms with van der Waals surface area (Å²) in [6.45, 7) is 3.07. The van der Waals surface area contributed by atoms with Crippen molar-refractivity contribution < 1.29 is 13.2 Å². The highest BCUT2D eigenvalue weighted by atomic mass is 35.5. The van der Waals surface area contributed by atoms with E-state index in [1.807, 2.05) is 6.92 Å². The molecule has 3 rings (SSSR count). The summed E-state index contributed by atoms with van der Waals surface area (Å²) in [7, 11) is -3.52. The Hall–Kier alpha value is -1.21. The summed E-state index contributed by atoms with van der Waals surface area (Å²) < 4.78 is 32.2. The molecule has 2 aromatic rings. The maximum atomic E-state index is 12.7. The fraction of sp³-hybridized carbons (Fsp3) is 0.357. The van der Waals surface area contributed by atoms with Gasteiger partial charge in [-0.2, -0.15) is 4.31 Å². The molecule has 0 bridgehead atoms. The van der Waals surface area contributed by atoms with Crippen molar-refractivity contribution in [2.75, 3.05) is 19.8 Å². The molecule has 0 N–H and O–H groups in total. The molecular weight excluding hydrogens is 312 g/mol. The minimum atomic E-state index is -3.52. The standard InChI is InChI=1S/C14H15ClN2O3S/c1-10-9-20-7-6-17(10)21(18,19)12-3-4-13-11(8-12)2-5-14(15)16-13/h2-5,8,10H,6-7,9H2,1H3/t10-/m1/s1. The third-order valence-corrected chi connectivity index (χ3v) is 5.76. The fourth-order valence-corrected chi connectivity index (χ4v) is 4.23. The van der Waals surface area contributed by atoms with Crippen LogP contribution >= 0.6 is 11.6 Å². The van der Waals surface area contributed by atoms with Crippen LogP contribution in [0.4, 0.5) is 0 Å². The zero-order chi connectivity index (χ0) is 15.0. The van der Waals surface area contributed by atoms with Gasteiger partial charge in [0.15, 0.2) is 0 Å². The number of aromatic nitrogens is 1. The predicted molar refractivity (Wildman–Crippen MR) is 80.9 cm³/mol. The first-order chi connectivity index (χ1) is 9.98. The first kappa shape index (κ1) is 14.7. The molecule has 1 aromatic carbocycles. The van der Waals surface area contributed by atoms with Gasteiger partial charge in [0.05, 0.1) is 23.6 Å². The molecule has 0 unspecified atom stereocenters. The van der Waals surface area contributed by atoms with Crippen LogP contribution in [0.2, 0.25) is 5.15 Å². The molecule has 21 heavy (non-hydrogen) atoms. The number of halogens is 1. The summed E-state index contributed by atoms with van der Waals surface area (Å²) in [6.07, 6.45) is 0. The van der Waals surface area contributed by atoms with Crippen molar-refractivity contribution >= 4 is 32.5 Å². The molecule has 1 saturated heterocycles. The zero-order valence-electron chi connectivity index (χ0n) is 11.5. The van der Waals surface area contributed by atoms with E-state index in [1.165, 1.54) is 4.31 Å². The predicted octanol–water partition coefficient (Wildman–Crippen LogP) is 2.30. The summed E-state index contributed by atoms with van der Waals surface area (Å²) in [6, 6.07) is 8.14. The van der Waals surface area contributed by atoms with Crippen LogP contribution in [-0.2, 0) is 14.8 Å². The van der Waals surface area contributed by atoms with E-state index in [0.29, 0.717) is 30.4 Å². The molecule has 1 atom stereocenters. The molecule has 0 radical (unpaired) electrons. The van der Waals surface area contributed by atoms with Crippen molar-refractivity contribution in [1.29, 1.82) is 0 Å². The van der Waals surface area contributed by atoms with Gasteiger partial charge in [0.2, 0.25) is 10.0 Å². The van der Waals surface area contributed by atoms with E-state index in [4.69, 9.17) is 16.3 Å². The number of morpholine rings is 1. The van der Waals surface area contributed by atoms with Gasteiger partial charge in [-0.25, -0.2) is 13.4 Å². The molecule has 7 heteroatoms. The number of ether oxygens (including phenoxy) is 1. The molecular formula is C14H15ClN2O3S. The molecule has 0 aliphatic carbocycles. The van der Waals surface area contributed by atoms with Gasteiger partial charge >= 0.3 is 0 Å². The van der Waals surface area contributed by atoms with Gasteiger partial charge in [-0.05, 0) is 37.3 Å². The average molecular weight is 327 g/mol. The van der Waals surface area contributed by atoms with Crippen LogP contribution in [0.15, 0.2) is 35.2 Å². The van der Waals surface area contributed by atoms with Gasteiger partial charge in [-0.3, -0.25) is 0 Å². The van der Waals surface area contributed by atoms with Crippen LogP contribution in [0, 0.1) is 0 Å². The zero-order valence-corrected chi connectivity index (χ0v) is 13.1. The minimum Gasteiger partial charge on any atom is -0.378 e. The highest BCUT2D eigenvalue weighted by Gasteiger charge is 2.31. The Morgan fingerprint density at radius 2 is 2.14 bits per heavy atom. The van der Waals surface area contributed by atoms with Crippen LogP contribution in [-0.4, -0.2) is 43.5 Å². The Morgan fingerprint density at radius 3 is 2.90 bits per heavy atom. The van der Waals surface area contributed by atoms with Gasteiger partial charge in [0.25, 0.3) is 0 Å². The topological polar surface area (TPSA) is 59.5 Å². The average Bonchev–Trinajstić information content (AvgIpc) is 2.47. The van der Waals surface area contributed by atoms with E-state index >= 15 is 0 Å². The lowest BCUT2D eigenvalue weighted by atomic mass is 10.2. The number of fused-ring (bicyclic) bond motifs is 1. The molecule has 0 saturated carbocycles. The van der Waals surface area contributed by atoms with Crippen LogP contribution in [0.1, 0.15) is 6.92 Å².